The second-order valence-corrected chi connectivity index (χ2v) is 6.64. The van der Waals surface area contributed by atoms with Gasteiger partial charge in [-0.2, -0.15) is 0 Å². The smallest absolute Gasteiger partial charge is 0.161 e. The van der Waals surface area contributed by atoms with Crippen LogP contribution in [-0.2, 0) is 12.0 Å². The van der Waals surface area contributed by atoms with Gasteiger partial charge in [0.2, 0.25) is 0 Å². The van der Waals surface area contributed by atoms with Gasteiger partial charge in [0.1, 0.15) is 5.75 Å². The Hall–Kier alpha value is -2.10. The van der Waals surface area contributed by atoms with Gasteiger partial charge in [-0.3, -0.25) is 0 Å². The molecule has 0 radical (unpaired) electrons. The van der Waals surface area contributed by atoms with Crippen molar-refractivity contribution in [2.45, 2.75) is 32.7 Å². The Bertz CT molecular complexity index is 707. The monoisotopic (exact) mass is 303 g/mol. The first-order valence-corrected chi connectivity index (χ1v) is 7.31. The molecule has 0 unspecified atom stereocenters. The maximum Gasteiger partial charge on any atom is 0.161 e. The Morgan fingerprint density at radius 2 is 1.77 bits per heavy atom. The SMILES string of the molecule is CC(C)(C)c1ccc2c(c1)CN(c1ccc(F)c(F)c1)CO2. The summed E-state index contributed by atoms with van der Waals surface area (Å²) in [7, 11) is 0. The molecule has 22 heavy (non-hydrogen) atoms. The third-order valence-corrected chi connectivity index (χ3v) is 3.93. The zero-order chi connectivity index (χ0) is 15.9. The fourth-order valence-corrected chi connectivity index (χ4v) is 2.56. The lowest BCUT2D eigenvalue weighted by Crippen LogP contribution is -2.32. The minimum absolute atomic E-state index is 0.0549. The fraction of sp³-hybridized carbons (Fsp3) is 0.333. The van der Waals surface area contributed by atoms with Crippen LogP contribution in [0.1, 0.15) is 31.9 Å². The molecule has 1 aliphatic rings. The molecule has 0 aliphatic carbocycles. The normalized spacial score (nSPS) is 14.5. The van der Waals surface area contributed by atoms with Crippen LogP contribution < -0.4 is 9.64 Å². The number of halogens is 2. The van der Waals surface area contributed by atoms with Gasteiger partial charge < -0.3 is 9.64 Å². The summed E-state index contributed by atoms with van der Waals surface area (Å²) in [4.78, 5) is 1.89. The quantitative estimate of drug-likeness (QED) is 0.762. The van der Waals surface area contributed by atoms with Crippen molar-refractivity contribution in [3.05, 3.63) is 59.2 Å². The van der Waals surface area contributed by atoms with E-state index in [2.05, 4.69) is 32.9 Å². The summed E-state index contributed by atoms with van der Waals surface area (Å²) in [6, 6.07) is 10.1. The van der Waals surface area contributed by atoms with Gasteiger partial charge in [0.15, 0.2) is 18.4 Å². The van der Waals surface area contributed by atoms with Gasteiger partial charge in [-0.25, -0.2) is 8.78 Å². The molecule has 0 amide bonds. The summed E-state index contributed by atoms with van der Waals surface area (Å²) >= 11 is 0. The Morgan fingerprint density at radius 1 is 1.00 bits per heavy atom. The standard InChI is InChI=1S/C18H19F2NO/c1-18(2,3)13-4-7-17-12(8-13)10-21(11-22-17)14-5-6-15(19)16(20)9-14/h4-9H,10-11H2,1-3H3. The first-order chi connectivity index (χ1) is 10.3. The molecule has 0 aromatic heterocycles. The van der Waals surface area contributed by atoms with E-state index in [9.17, 15) is 8.78 Å². The van der Waals surface area contributed by atoms with Crippen LogP contribution in [0.3, 0.4) is 0 Å². The van der Waals surface area contributed by atoms with E-state index in [4.69, 9.17) is 4.74 Å². The van der Waals surface area contributed by atoms with Crippen molar-refractivity contribution in [3.8, 4) is 5.75 Å². The van der Waals surface area contributed by atoms with Gasteiger partial charge in [-0.15, -0.1) is 0 Å². The number of hydrogen-bond donors (Lipinski definition) is 0. The van der Waals surface area contributed by atoms with Gasteiger partial charge >= 0.3 is 0 Å². The maximum atomic E-state index is 13.4. The average molecular weight is 303 g/mol. The predicted octanol–water partition coefficient (Wildman–Crippen LogP) is 4.62. The lowest BCUT2D eigenvalue weighted by Gasteiger charge is -2.32. The van der Waals surface area contributed by atoms with Gasteiger partial charge in [-0.05, 0) is 35.2 Å². The Labute approximate surface area is 129 Å². The molecule has 0 N–H and O–H groups in total. The van der Waals surface area contributed by atoms with Crippen LogP contribution in [0.15, 0.2) is 36.4 Å². The number of anilines is 1. The summed E-state index contributed by atoms with van der Waals surface area (Å²) < 4.78 is 32.2. The molecule has 0 saturated carbocycles. The van der Waals surface area contributed by atoms with E-state index in [-0.39, 0.29) is 5.41 Å². The molecule has 0 atom stereocenters. The lowest BCUT2D eigenvalue weighted by atomic mass is 9.86. The average Bonchev–Trinajstić information content (AvgIpc) is 2.48. The van der Waals surface area contributed by atoms with E-state index in [0.29, 0.717) is 19.0 Å². The molecule has 0 fully saturated rings. The Kier molecular flexibility index (Phi) is 3.55. The molecule has 4 heteroatoms. The zero-order valence-electron chi connectivity index (χ0n) is 13.0. The minimum Gasteiger partial charge on any atom is -0.473 e. The van der Waals surface area contributed by atoms with Gasteiger partial charge in [0.05, 0.1) is 0 Å². The summed E-state index contributed by atoms with van der Waals surface area (Å²) in [5.41, 5.74) is 2.95. The highest BCUT2D eigenvalue weighted by molar-refractivity contribution is 5.51. The van der Waals surface area contributed by atoms with Crippen LogP contribution in [0.5, 0.6) is 5.75 Å². The summed E-state index contributed by atoms with van der Waals surface area (Å²) in [5, 5.41) is 0. The Balaban J connectivity index is 1.90. The molecule has 0 bridgehead atoms. The molecule has 2 aromatic carbocycles. The number of benzene rings is 2. The van der Waals surface area contributed by atoms with Crippen LogP contribution in [-0.4, -0.2) is 6.73 Å². The molecule has 0 spiro atoms. The predicted molar refractivity (Wildman–Crippen MR) is 83.2 cm³/mol. The highest BCUT2D eigenvalue weighted by Gasteiger charge is 2.21. The van der Waals surface area contributed by atoms with Crippen molar-refractivity contribution in [1.82, 2.24) is 0 Å². The topological polar surface area (TPSA) is 12.5 Å². The van der Waals surface area contributed by atoms with Crippen molar-refractivity contribution in [2.24, 2.45) is 0 Å². The molecular formula is C18H19F2NO. The first kappa shape index (κ1) is 14.8. The van der Waals surface area contributed by atoms with Gasteiger partial charge in [-0.1, -0.05) is 26.8 Å². The molecule has 116 valence electrons. The molecule has 0 saturated heterocycles. The molecule has 1 heterocycles. The van der Waals surface area contributed by atoms with Crippen molar-refractivity contribution in [3.63, 3.8) is 0 Å². The second-order valence-electron chi connectivity index (χ2n) is 6.64. The third kappa shape index (κ3) is 2.78. The maximum absolute atomic E-state index is 13.4. The van der Waals surface area contributed by atoms with Crippen LogP contribution in [0.25, 0.3) is 0 Å². The van der Waals surface area contributed by atoms with E-state index in [1.165, 1.54) is 11.6 Å². The number of hydrogen-bond acceptors (Lipinski definition) is 2. The molecule has 2 aromatic rings. The molecular weight excluding hydrogens is 284 g/mol. The van der Waals surface area contributed by atoms with E-state index < -0.39 is 11.6 Å². The van der Waals surface area contributed by atoms with E-state index >= 15 is 0 Å². The number of ether oxygens (including phenoxy) is 1. The number of fused-ring (bicyclic) bond motifs is 1. The highest BCUT2D eigenvalue weighted by Crippen LogP contribution is 2.33. The third-order valence-electron chi connectivity index (χ3n) is 3.93. The molecule has 2 nitrogen and oxygen atoms in total. The minimum atomic E-state index is -0.841. The first-order valence-electron chi connectivity index (χ1n) is 7.31. The van der Waals surface area contributed by atoms with Crippen molar-refractivity contribution in [2.75, 3.05) is 11.6 Å². The van der Waals surface area contributed by atoms with Crippen molar-refractivity contribution < 1.29 is 13.5 Å². The van der Waals surface area contributed by atoms with E-state index in [1.807, 2.05) is 11.0 Å². The second kappa shape index (κ2) is 5.27. The van der Waals surface area contributed by atoms with Crippen LogP contribution in [0, 0.1) is 11.6 Å². The van der Waals surface area contributed by atoms with E-state index in [0.717, 1.165) is 17.4 Å². The largest absolute Gasteiger partial charge is 0.473 e. The summed E-state index contributed by atoms with van der Waals surface area (Å²) in [6.45, 7) is 7.42. The lowest BCUT2D eigenvalue weighted by molar-refractivity contribution is 0.288. The molecule has 3 rings (SSSR count). The summed E-state index contributed by atoms with van der Waals surface area (Å²) in [5.74, 6) is -0.823. The van der Waals surface area contributed by atoms with Gasteiger partial charge in [0.25, 0.3) is 0 Å². The van der Waals surface area contributed by atoms with Gasteiger partial charge in [0, 0.05) is 23.9 Å². The van der Waals surface area contributed by atoms with E-state index in [1.54, 1.807) is 6.07 Å². The van der Waals surface area contributed by atoms with Crippen molar-refractivity contribution in [1.29, 1.82) is 0 Å². The molecule has 1 aliphatic heterocycles. The Morgan fingerprint density at radius 3 is 2.45 bits per heavy atom. The highest BCUT2D eigenvalue weighted by atomic mass is 19.2. The van der Waals surface area contributed by atoms with Crippen LogP contribution in [0.4, 0.5) is 14.5 Å². The fourth-order valence-electron chi connectivity index (χ4n) is 2.56. The van der Waals surface area contributed by atoms with Crippen LogP contribution in [0.2, 0.25) is 0 Å². The summed E-state index contributed by atoms with van der Waals surface area (Å²) in [6.07, 6.45) is 0. The number of rotatable bonds is 1. The zero-order valence-corrected chi connectivity index (χ0v) is 13.0. The van der Waals surface area contributed by atoms with Crippen LogP contribution >= 0.6 is 0 Å². The number of nitrogens with zero attached hydrogens (tertiary/aromatic N) is 1. The van der Waals surface area contributed by atoms with Crippen molar-refractivity contribution >= 4 is 5.69 Å².